The van der Waals surface area contributed by atoms with E-state index in [1.54, 1.807) is 0 Å². The molecule has 3 heteroatoms. The molecular formula is C8H16OS2. The van der Waals surface area contributed by atoms with Gasteiger partial charge in [-0.2, -0.15) is 23.5 Å². The Labute approximate surface area is 77.6 Å². The van der Waals surface area contributed by atoms with Crippen molar-refractivity contribution in [3.63, 3.8) is 0 Å². The van der Waals surface area contributed by atoms with Crippen molar-refractivity contribution in [3.05, 3.63) is 0 Å². The SMILES string of the molecule is C1CCOC1.C1CSCCS1. The highest BCUT2D eigenvalue weighted by Crippen LogP contribution is 2.14. The summed E-state index contributed by atoms with van der Waals surface area (Å²) >= 11 is 4.15. The Kier molecular flexibility index (Phi) is 6.48. The molecule has 0 aromatic rings. The summed E-state index contributed by atoms with van der Waals surface area (Å²) in [6, 6.07) is 0. The lowest BCUT2D eigenvalue weighted by molar-refractivity contribution is 0.198. The van der Waals surface area contributed by atoms with Crippen LogP contribution in [0.3, 0.4) is 0 Å². The average Bonchev–Trinajstić information content (AvgIpc) is 2.64. The Morgan fingerprint density at radius 2 is 1.18 bits per heavy atom. The Morgan fingerprint density at radius 1 is 0.727 bits per heavy atom. The summed E-state index contributed by atoms with van der Waals surface area (Å²) in [5.74, 6) is 5.52. The van der Waals surface area contributed by atoms with E-state index in [-0.39, 0.29) is 0 Å². The zero-order valence-corrected chi connectivity index (χ0v) is 8.51. The van der Waals surface area contributed by atoms with Crippen molar-refractivity contribution in [2.24, 2.45) is 0 Å². The molecule has 0 atom stereocenters. The van der Waals surface area contributed by atoms with Gasteiger partial charge < -0.3 is 4.74 Å². The fourth-order valence-electron chi connectivity index (χ4n) is 0.950. The first-order valence-corrected chi connectivity index (χ1v) is 6.54. The summed E-state index contributed by atoms with van der Waals surface area (Å²) < 4.78 is 4.94. The predicted octanol–water partition coefficient (Wildman–Crippen LogP) is 2.26. The predicted molar refractivity (Wildman–Crippen MR) is 54.7 cm³/mol. The van der Waals surface area contributed by atoms with Gasteiger partial charge in [-0.25, -0.2) is 0 Å². The second kappa shape index (κ2) is 7.32. The van der Waals surface area contributed by atoms with Gasteiger partial charge in [0.25, 0.3) is 0 Å². The van der Waals surface area contributed by atoms with Crippen LogP contribution in [0.4, 0.5) is 0 Å². The van der Waals surface area contributed by atoms with Crippen LogP contribution in [0.15, 0.2) is 0 Å². The van der Waals surface area contributed by atoms with Crippen molar-refractivity contribution < 1.29 is 4.74 Å². The van der Waals surface area contributed by atoms with E-state index in [9.17, 15) is 0 Å². The molecule has 1 nitrogen and oxygen atoms in total. The third-order valence-electron chi connectivity index (χ3n) is 1.57. The molecule has 2 heterocycles. The van der Waals surface area contributed by atoms with Crippen molar-refractivity contribution in [2.45, 2.75) is 12.8 Å². The number of hydrogen-bond acceptors (Lipinski definition) is 3. The molecule has 2 rings (SSSR count). The molecule has 0 aromatic heterocycles. The molecule has 0 N–H and O–H groups in total. The van der Waals surface area contributed by atoms with Crippen molar-refractivity contribution in [2.75, 3.05) is 36.2 Å². The minimum absolute atomic E-state index is 1.00. The molecule has 2 aliphatic rings. The minimum atomic E-state index is 1.00. The molecular weight excluding hydrogens is 176 g/mol. The minimum Gasteiger partial charge on any atom is -0.381 e. The van der Waals surface area contributed by atoms with E-state index < -0.39 is 0 Å². The van der Waals surface area contributed by atoms with Crippen LogP contribution >= 0.6 is 23.5 Å². The first kappa shape index (κ1) is 9.75. The monoisotopic (exact) mass is 192 g/mol. The molecule has 2 aliphatic heterocycles. The highest BCUT2D eigenvalue weighted by Gasteiger charge is 1.96. The summed E-state index contributed by atoms with van der Waals surface area (Å²) in [6.45, 7) is 2.00. The van der Waals surface area contributed by atoms with E-state index in [0.29, 0.717) is 0 Å². The van der Waals surface area contributed by atoms with Gasteiger partial charge in [-0.05, 0) is 12.8 Å². The van der Waals surface area contributed by atoms with Gasteiger partial charge in [-0.1, -0.05) is 0 Å². The standard InChI is InChI=1S/C4H8O.C4H8S2/c1-2-4-5-3-1;1-2-6-4-3-5-1/h1-4H2;1-4H2. The molecule has 0 aromatic carbocycles. The smallest absolute Gasteiger partial charge is 0.0466 e. The van der Waals surface area contributed by atoms with Gasteiger partial charge in [0.2, 0.25) is 0 Å². The van der Waals surface area contributed by atoms with E-state index in [1.165, 1.54) is 35.9 Å². The van der Waals surface area contributed by atoms with Crippen molar-refractivity contribution in [1.82, 2.24) is 0 Å². The Morgan fingerprint density at radius 3 is 1.36 bits per heavy atom. The maximum atomic E-state index is 4.94. The van der Waals surface area contributed by atoms with Gasteiger partial charge in [-0.3, -0.25) is 0 Å². The fourth-order valence-corrected chi connectivity index (χ4v) is 3.24. The van der Waals surface area contributed by atoms with E-state index in [1.807, 2.05) is 0 Å². The second-order valence-electron chi connectivity index (χ2n) is 2.54. The summed E-state index contributed by atoms with van der Waals surface area (Å²) in [4.78, 5) is 0. The summed E-state index contributed by atoms with van der Waals surface area (Å²) in [5, 5.41) is 0. The van der Waals surface area contributed by atoms with Crippen LogP contribution in [0.5, 0.6) is 0 Å². The van der Waals surface area contributed by atoms with Crippen LogP contribution in [0.2, 0.25) is 0 Å². The molecule has 0 unspecified atom stereocenters. The van der Waals surface area contributed by atoms with Gasteiger partial charge in [0.05, 0.1) is 0 Å². The molecule has 0 aliphatic carbocycles. The topological polar surface area (TPSA) is 9.23 Å². The quantitative estimate of drug-likeness (QED) is 0.583. The third-order valence-corrected chi connectivity index (χ3v) is 4.06. The van der Waals surface area contributed by atoms with E-state index in [0.717, 1.165) is 13.2 Å². The lowest BCUT2D eigenvalue weighted by atomic mass is 10.4. The van der Waals surface area contributed by atoms with Crippen molar-refractivity contribution >= 4 is 23.5 Å². The maximum absolute atomic E-state index is 4.94. The van der Waals surface area contributed by atoms with Gasteiger partial charge >= 0.3 is 0 Å². The lowest BCUT2D eigenvalue weighted by Gasteiger charge is -2.05. The molecule has 0 amide bonds. The number of hydrogen-bond donors (Lipinski definition) is 0. The van der Waals surface area contributed by atoms with Crippen LogP contribution in [0, 0.1) is 0 Å². The molecule has 0 saturated carbocycles. The molecule has 2 fully saturated rings. The Bertz CT molecular complexity index is 61.0. The van der Waals surface area contributed by atoms with E-state index in [2.05, 4.69) is 23.5 Å². The molecule has 2 saturated heterocycles. The summed E-state index contributed by atoms with van der Waals surface area (Å²) in [7, 11) is 0. The largest absolute Gasteiger partial charge is 0.381 e. The summed E-state index contributed by atoms with van der Waals surface area (Å²) in [5.41, 5.74) is 0. The van der Waals surface area contributed by atoms with Crippen molar-refractivity contribution in [1.29, 1.82) is 0 Å². The zero-order valence-electron chi connectivity index (χ0n) is 6.88. The second-order valence-corrected chi connectivity index (χ2v) is 4.99. The van der Waals surface area contributed by atoms with Gasteiger partial charge in [-0.15, -0.1) is 0 Å². The third kappa shape index (κ3) is 5.88. The first-order chi connectivity index (χ1) is 5.50. The van der Waals surface area contributed by atoms with E-state index >= 15 is 0 Å². The van der Waals surface area contributed by atoms with Gasteiger partial charge in [0, 0.05) is 36.2 Å². The molecule has 0 radical (unpaired) electrons. The molecule has 66 valence electrons. The highest BCUT2D eigenvalue weighted by molar-refractivity contribution is 8.06. The van der Waals surface area contributed by atoms with Crippen LogP contribution in [-0.4, -0.2) is 36.2 Å². The van der Waals surface area contributed by atoms with E-state index in [4.69, 9.17) is 4.74 Å². The van der Waals surface area contributed by atoms with Crippen LogP contribution in [0.1, 0.15) is 12.8 Å². The maximum Gasteiger partial charge on any atom is 0.0466 e. The van der Waals surface area contributed by atoms with Crippen LogP contribution in [0.25, 0.3) is 0 Å². The molecule has 0 spiro atoms. The molecule has 0 bridgehead atoms. The number of ether oxygens (including phenoxy) is 1. The van der Waals surface area contributed by atoms with Crippen LogP contribution < -0.4 is 0 Å². The van der Waals surface area contributed by atoms with Gasteiger partial charge in [0.1, 0.15) is 0 Å². The van der Waals surface area contributed by atoms with Crippen molar-refractivity contribution in [3.8, 4) is 0 Å². The highest BCUT2D eigenvalue weighted by atomic mass is 32.2. The fraction of sp³-hybridized carbons (Fsp3) is 1.00. The van der Waals surface area contributed by atoms with Gasteiger partial charge in [0.15, 0.2) is 0 Å². The Hall–Kier alpha value is 0.660. The normalized spacial score (nSPS) is 24.0. The number of rotatable bonds is 0. The molecule has 11 heavy (non-hydrogen) atoms. The lowest BCUT2D eigenvalue weighted by Crippen LogP contribution is -1.97. The number of thioether (sulfide) groups is 2. The zero-order chi connectivity index (χ0) is 7.78. The average molecular weight is 192 g/mol. The first-order valence-electron chi connectivity index (χ1n) is 4.23. The Balaban J connectivity index is 0.000000112. The summed E-state index contributed by atoms with van der Waals surface area (Å²) in [6.07, 6.45) is 2.56. The van der Waals surface area contributed by atoms with Crippen LogP contribution in [-0.2, 0) is 4.74 Å².